The number of halogens is 1. The molecule has 150 valence electrons. The molecule has 2 N–H and O–H groups in total. The molecule has 3 rings (SSSR count). The predicted molar refractivity (Wildman–Crippen MR) is 104 cm³/mol. The van der Waals surface area contributed by atoms with E-state index in [1.165, 1.54) is 31.5 Å². The second-order valence-corrected chi connectivity index (χ2v) is 6.26. The average molecular weight is 417 g/mol. The van der Waals surface area contributed by atoms with Crippen LogP contribution in [0.5, 0.6) is 11.5 Å². The van der Waals surface area contributed by atoms with Gasteiger partial charge in [0.25, 0.3) is 5.91 Å². The summed E-state index contributed by atoms with van der Waals surface area (Å²) in [5, 5.41) is 0.573. The number of methoxy groups -OCH3 is 1. The van der Waals surface area contributed by atoms with Crippen LogP contribution in [-0.4, -0.2) is 30.6 Å². The Balaban J connectivity index is 1.64. The fraction of sp³-hybridized carbons (Fsp3) is 0.150. The fourth-order valence-electron chi connectivity index (χ4n) is 2.43. The molecule has 1 heterocycles. The summed E-state index contributed by atoms with van der Waals surface area (Å²) in [6, 6.07) is 11.5. The number of rotatable bonds is 8. The lowest BCUT2D eigenvalue weighted by molar-refractivity contribution is -0.119. The minimum Gasteiger partial charge on any atom is -0.493 e. The van der Waals surface area contributed by atoms with Crippen molar-refractivity contribution in [3.8, 4) is 22.8 Å². The van der Waals surface area contributed by atoms with E-state index in [0.717, 1.165) is 5.56 Å². The second-order valence-electron chi connectivity index (χ2n) is 5.83. The number of ether oxygens (including phenoxy) is 3. The van der Waals surface area contributed by atoms with E-state index < -0.39 is 11.9 Å². The van der Waals surface area contributed by atoms with E-state index in [9.17, 15) is 9.59 Å². The van der Waals surface area contributed by atoms with Crippen LogP contribution in [0, 0.1) is 0 Å². The van der Waals surface area contributed by atoms with Gasteiger partial charge in [0.1, 0.15) is 0 Å². The first-order chi connectivity index (χ1) is 14.0. The van der Waals surface area contributed by atoms with Crippen molar-refractivity contribution in [1.29, 1.82) is 0 Å². The Morgan fingerprint density at radius 3 is 2.72 bits per heavy atom. The summed E-state index contributed by atoms with van der Waals surface area (Å²) in [4.78, 5) is 27.2. The van der Waals surface area contributed by atoms with Gasteiger partial charge in [-0.2, -0.15) is 0 Å². The number of amides is 1. The van der Waals surface area contributed by atoms with E-state index in [0.29, 0.717) is 10.8 Å². The molecule has 0 aliphatic rings. The molecule has 0 bridgehead atoms. The van der Waals surface area contributed by atoms with Crippen molar-refractivity contribution >= 4 is 23.5 Å². The van der Waals surface area contributed by atoms with Gasteiger partial charge in [-0.1, -0.05) is 23.7 Å². The van der Waals surface area contributed by atoms with Gasteiger partial charge in [-0.25, -0.2) is 9.78 Å². The molecule has 0 radical (unpaired) electrons. The van der Waals surface area contributed by atoms with Crippen LogP contribution in [-0.2, 0) is 16.1 Å². The highest BCUT2D eigenvalue weighted by Gasteiger charge is 2.15. The van der Waals surface area contributed by atoms with Gasteiger partial charge in [-0.15, -0.1) is 0 Å². The maximum atomic E-state index is 12.3. The predicted octanol–water partition coefficient (Wildman–Crippen LogP) is 3.22. The van der Waals surface area contributed by atoms with Gasteiger partial charge in [-0.3, -0.25) is 4.79 Å². The van der Waals surface area contributed by atoms with Crippen molar-refractivity contribution in [2.24, 2.45) is 5.73 Å². The molecule has 0 saturated heterocycles. The molecular formula is C20H17ClN2O6. The van der Waals surface area contributed by atoms with Gasteiger partial charge in [0.15, 0.2) is 30.5 Å². The van der Waals surface area contributed by atoms with Crippen LogP contribution in [0.3, 0.4) is 0 Å². The summed E-state index contributed by atoms with van der Waals surface area (Å²) >= 11 is 5.97. The zero-order valence-corrected chi connectivity index (χ0v) is 16.1. The fourth-order valence-corrected chi connectivity index (χ4v) is 2.62. The smallest absolute Gasteiger partial charge is 0.338 e. The zero-order chi connectivity index (χ0) is 20.8. The molecule has 0 spiro atoms. The van der Waals surface area contributed by atoms with Crippen LogP contribution in [0.15, 0.2) is 53.1 Å². The van der Waals surface area contributed by atoms with Crippen LogP contribution in [0.25, 0.3) is 11.3 Å². The number of primary amides is 1. The number of carbonyl (C=O) groups excluding carboxylic acids is 2. The second kappa shape index (κ2) is 9.11. The molecule has 0 atom stereocenters. The van der Waals surface area contributed by atoms with Crippen LogP contribution < -0.4 is 15.2 Å². The minimum atomic E-state index is -0.626. The van der Waals surface area contributed by atoms with Crippen molar-refractivity contribution < 1.29 is 28.2 Å². The summed E-state index contributed by atoms with van der Waals surface area (Å²) in [7, 11) is 1.41. The first-order valence-electron chi connectivity index (χ1n) is 8.43. The Labute approximate surface area is 171 Å². The van der Waals surface area contributed by atoms with Gasteiger partial charge in [-0.05, 0) is 30.3 Å². The summed E-state index contributed by atoms with van der Waals surface area (Å²) in [5.41, 5.74) is 6.04. The molecule has 0 fully saturated rings. The standard InChI is InChI=1S/C20H17ClN2O6/c1-26-16-8-13(5-6-15(16)27-10-18(22)24)20(25)28-11-19-23-9-17(29-19)12-3-2-4-14(21)7-12/h2-9H,10-11H2,1H3,(H2,22,24). The zero-order valence-electron chi connectivity index (χ0n) is 15.4. The van der Waals surface area contributed by atoms with Crippen molar-refractivity contribution in [3.63, 3.8) is 0 Å². The first kappa shape index (κ1) is 20.2. The molecule has 9 heteroatoms. The van der Waals surface area contributed by atoms with E-state index >= 15 is 0 Å². The lowest BCUT2D eigenvalue weighted by Gasteiger charge is -2.10. The molecule has 8 nitrogen and oxygen atoms in total. The summed E-state index contributed by atoms with van der Waals surface area (Å²) in [6.07, 6.45) is 1.53. The van der Waals surface area contributed by atoms with Gasteiger partial charge in [0.05, 0.1) is 18.9 Å². The summed E-state index contributed by atoms with van der Waals surface area (Å²) < 4.78 is 21.2. The Hall–Kier alpha value is -3.52. The molecule has 0 aliphatic heterocycles. The van der Waals surface area contributed by atoms with Crippen molar-refractivity contribution in [2.75, 3.05) is 13.7 Å². The Morgan fingerprint density at radius 1 is 1.17 bits per heavy atom. The lowest BCUT2D eigenvalue weighted by atomic mass is 10.2. The monoisotopic (exact) mass is 416 g/mol. The normalized spacial score (nSPS) is 10.4. The Bertz CT molecular complexity index is 1030. The third kappa shape index (κ3) is 5.26. The van der Waals surface area contributed by atoms with E-state index in [2.05, 4.69) is 4.98 Å². The van der Waals surface area contributed by atoms with Gasteiger partial charge < -0.3 is 24.4 Å². The van der Waals surface area contributed by atoms with Crippen LogP contribution in [0.2, 0.25) is 5.02 Å². The van der Waals surface area contributed by atoms with E-state index in [-0.39, 0.29) is 36.2 Å². The number of nitrogens with zero attached hydrogens (tertiary/aromatic N) is 1. The third-order valence-electron chi connectivity index (χ3n) is 3.76. The third-order valence-corrected chi connectivity index (χ3v) is 3.99. The summed E-state index contributed by atoms with van der Waals surface area (Å²) in [5.74, 6) is 0.0607. The Morgan fingerprint density at radius 2 is 2.00 bits per heavy atom. The molecule has 2 aromatic carbocycles. The number of esters is 1. The highest BCUT2D eigenvalue weighted by Crippen LogP contribution is 2.28. The molecule has 29 heavy (non-hydrogen) atoms. The molecule has 0 aliphatic carbocycles. The highest BCUT2D eigenvalue weighted by atomic mass is 35.5. The van der Waals surface area contributed by atoms with Gasteiger partial charge >= 0.3 is 5.97 Å². The SMILES string of the molecule is COc1cc(C(=O)OCc2ncc(-c3cccc(Cl)c3)o2)ccc1OCC(N)=O. The topological polar surface area (TPSA) is 114 Å². The Kier molecular flexibility index (Phi) is 6.36. The van der Waals surface area contributed by atoms with E-state index in [4.69, 9.17) is 36.0 Å². The first-order valence-corrected chi connectivity index (χ1v) is 8.81. The molecule has 0 saturated carbocycles. The molecule has 1 aromatic heterocycles. The highest BCUT2D eigenvalue weighted by molar-refractivity contribution is 6.30. The van der Waals surface area contributed by atoms with Crippen molar-refractivity contribution in [3.05, 3.63) is 65.1 Å². The van der Waals surface area contributed by atoms with E-state index in [1.807, 2.05) is 6.07 Å². The lowest BCUT2D eigenvalue weighted by Crippen LogP contribution is -2.20. The van der Waals surface area contributed by atoms with E-state index in [1.54, 1.807) is 18.2 Å². The van der Waals surface area contributed by atoms with Gasteiger partial charge in [0, 0.05) is 10.6 Å². The van der Waals surface area contributed by atoms with Crippen LogP contribution in [0.1, 0.15) is 16.2 Å². The number of aromatic nitrogens is 1. The largest absolute Gasteiger partial charge is 0.493 e. The van der Waals surface area contributed by atoms with Crippen LogP contribution >= 0.6 is 11.6 Å². The number of hydrogen-bond donors (Lipinski definition) is 1. The van der Waals surface area contributed by atoms with Crippen LogP contribution in [0.4, 0.5) is 0 Å². The number of hydrogen-bond acceptors (Lipinski definition) is 7. The number of nitrogens with two attached hydrogens (primary N) is 1. The maximum absolute atomic E-state index is 12.3. The molecule has 1 amide bonds. The number of carbonyl (C=O) groups is 2. The summed E-state index contributed by atoms with van der Waals surface area (Å²) in [6.45, 7) is -0.457. The van der Waals surface area contributed by atoms with Crippen molar-refractivity contribution in [1.82, 2.24) is 4.98 Å². The maximum Gasteiger partial charge on any atom is 0.338 e. The molecule has 3 aromatic rings. The molecule has 0 unspecified atom stereocenters. The molecular weight excluding hydrogens is 400 g/mol. The number of oxazole rings is 1. The average Bonchev–Trinajstić information content (AvgIpc) is 3.19. The van der Waals surface area contributed by atoms with Gasteiger partial charge in [0.2, 0.25) is 5.89 Å². The quantitative estimate of drug-likeness (QED) is 0.560. The van der Waals surface area contributed by atoms with Crippen molar-refractivity contribution in [2.45, 2.75) is 6.61 Å². The number of benzene rings is 2. The minimum absolute atomic E-state index is 0.151.